The van der Waals surface area contributed by atoms with E-state index in [9.17, 15) is 0 Å². The third-order valence-electron chi connectivity index (χ3n) is 3.67. The molecule has 1 nitrogen and oxygen atoms in total. The van der Waals surface area contributed by atoms with E-state index in [2.05, 4.69) is 49.0 Å². The molecule has 2 N–H and O–H groups in total. The van der Waals surface area contributed by atoms with Crippen molar-refractivity contribution in [1.82, 2.24) is 0 Å². The minimum absolute atomic E-state index is 0.0662. The quantitative estimate of drug-likeness (QED) is 0.686. The van der Waals surface area contributed by atoms with E-state index < -0.39 is 0 Å². The summed E-state index contributed by atoms with van der Waals surface area (Å²) in [5.41, 5.74) is 12.9. The largest absolute Gasteiger partial charge is 0.324 e. The molecule has 3 rings (SSSR count). The molecule has 0 radical (unpaired) electrons. The third-order valence-corrected chi connectivity index (χ3v) is 3.67. The van der Waals surface area contributed by atoms with Gasteiger partial charge in [-0.2, -0.15) is 0 Å². The summed E-state index contributed by atoms with van der Waals surface area (Å²) in [5, 5.41) is 0. The fraction of sp³-hybridized carbons (Fsp3) is 0.176. The molecular formula is C17H17N. The van der Waals surface area contributed by atoms with Crippen molar-refractivity contribution in [1.29, 1.82) is 0 Å². The van der Waals surface area contributed by atoms with Crippen LogP contribution in [0, 0.1) is 0 Å². The zero-order chi connectivity index (χ0) is 12.5. The van der Waals surface area contributed by atoms with Crippen LogP contribution in [-0.4, -0.2) is 0 Å². The van der Waals surface area contributed by atoms with Crippen LogP contribution in [0.5, 0.6) is 0 Å². The summed E-state index contributed by atoms with van der Waals surface area (Å²) in [5.74, 6) is 0. The minimum Gasteiger partial charge on any atom is -0.324 e. The van der Waals surface area contributed by atoms with Crippen molar-refractivity contribution in [3.63, 3.8) is 0 Å². The van der Waals surface area contributed by atoms with Gasteiger partial charge in [0.2, 0.25) is 0 Å². The first-order valence-electron chi connectivity index (χ1n) is 6.37. The van der Waals surface area contributed by atoms with Crippen LogP contribution in [0.15, 0.2) is 55.1 Å². The van der Waals surface area contributed by atoms with Crippen LogP contribution in [0.25, 0.3) is 11.1 Å². The SMILES string of the molecule is C=CC[C@H](N)c1ccc2c(c1)Cc1ccccc1-2. The molecule has 1 aliphatic rings. The molecule has 18 heavy (non-hydrogen) atoms. The van der Waals surface area contributed by atoms with Crippen molar-refractivity contribution in [2.24, 2.45) is 5.73 Å². The number of hydrogen-bond donors (Lipinski definition) is 1. The highest BCUT2D eigenvalue weighted by atomic mass is 14.6. The van der Waals surface area contributed by atoms with Gasteiger partial charge in [0.05, 0.1) is 0 Å². The van der Waals surface area contributed by atoms with E-state index in [1.54, 1.807) is 0 Å². The Kier molecular flexibility index (Phi) is 2.77. The molecule has 0 saturated carbocycles. The van der Waals surface area contributed by atoms with Crippen LogP contribution >= 0.6 is 0 Å². The van der Waals surface area contributed by atoms with Gasteiger partial charge < -0.3 is 5.73 Å². The van der Waals surface area contributed by atoms with Crippen LogP contribution in [0.1, 0.15) is 29.2 Å². The summed E-state index contributed by atoms with van der Waals surface area (Å²) in [7, 11) is 0. The molecule has 0 saturated heterocycles. The molecule has 2 aromatic carbocycles. The van der Waals surface area contributed by atoms with Crippen molar-refractivity contribution < 1.29 is 0 Å². The highest BCUT2D eigenvalue weighted by Gasteiger charge is 2.18. The molecule has 90 valence electrons. The fourth-order valence-electron chi connectivity index (χ4n) is 2.71. The van der Waals surface area contributed by atoms with Gasteiger partial charge in [-0.25, -0.2) is 0 Å². The van der Waals surface area contributed by atoms with Gasteiger partial charge in [-0.15, -0.1) is 6.58 Å². The summed E-state index contributed by atoms with van der Waals surface area (Å²) >= 11 is 0. The maximum absolute atomic E-state index is 6.13. The Bertz CT molecular complexity index is 598. The van der Waals surface area contributed by atoms with Crippen LogP contribution in [0.4, 0.5) is 0 Å². The molecule has 2 aromatic rings. The average Bonchev–Trinajstić information content (AvgIpc) is 2.76. The Morgan fingerprint density at radius 2 is 1.89 bits per heavy atom. The molecule has 0 amide bonds. The molecule has 0 heterocycles. The zero-order valence-corrected chi connectivity index (χ0v) is 10.4. The highest BCUT2D eigenvalue weighted by Crippen LogP contribution is 2.37. The van der Waals surface area contributed by atoms with Gasteiger partial charge in [0.15, 0.2) is 0 Å². The molecule has 1 aliphatic carbocycles. The van der Waals surface area contributed by atoms with Crippen molar-refractivity contribution in [3.8, 4) is 11.1 Å². The summed E-state index contributed by atoms with van der Waals surface area (Å²) in [6.45, 7) is 3.75. The average molecular weight is 235 g/mol. The third kappa shape index (κ3) is 1.77. The Balaban J connectivity index is 2.00. The predicted molar refractivity (Wildman–Crippen MR) is 76.4 cm³/mol. The smallest absolute Gasteiger partial charge is 0.0329 e. The maximum atomic E-state index is 6.13. The Hall–Kier alpha value is -1.86. The minimum atomic E-state index is 0.0662. The lowest BCUT2D eigenvalue weighted by atomic mass is 9.98. The second-order valence-electron chi connectivity index (χ2n) is 4.88. The van der Waals surface area contributed by atoms with Crippen molar-refractivity contribution in [3.05, 3.63) is 71.8 Å². The number of benzene rings is 2. The van der Waals surface area contributed by atoms with Crippen LogP contribution in [0.3, 0.4) is 0 Å². The Morgan fingerprint density at radius 3 is 2.72 bits per heavy atom. The summed E-state index contributed by atoms with van der Waals surface area (Å²) in [6.07, 6.45) is 3.73. The van der Waals surface area contributed by atoms with Gasteiger partial charge in [0.25, 0.3) is 0 Å². The lowest BCUT2D eigenvalue weighted by Crippen LogP contribution is -2.09. The summed E-state index contributed by atoms with van der Waals surface area (Å²) in [6, 6.07) is 15.3. The monoisotopic (exact) mass is 235 g/mol. The number of rotatable bonds is 3. The van der Waals surface area contributed by atoms with Gasteiger partial charge in [-0.1, -0.05) is 48.5 Å². The van der Waals surface area contributed by atoms with E-state index in [1.165, 1.54) is 27.8 Å². The number of hydrogen-bond acceptors (Lipinski definition) is 1. The number of fused-ring (bicyclic) bond motifs is 3. The van der Waals surface area contributed by atoms with Crippen molar-refractivity contribution in [2.45, 2.75) is 18.9 Å². The van der Waals surface area contributed by atoms with Crippen LogP contribution < -0.4 is 5.73 Å². The molecule has 1 atom stereocenters. The topological polar surface area (TPSA) is 26.0 Å². The Labute approximate surface area is 108 Å². The van der Waals surface area contributed by atoms with E-state index in [0.29, 0.717) is 0 Å². The normalized spacial score (nSPS) is 13.8. The van der Waals surface area contributed by atoms with Gasteiger partial charge in [-0.05, 0) is 40.7 Å². The highest BCUT2D eigenvalue weighted by molar-refractivity contribution is 5.76. The number of nitrogens with two attached hydrogens (primary N) is 1. The molecule has 0 unspecified atom stereocenters. The van der Waals surface area contributed by atoms with Crippen molar-refractivity contribution in [2.75, 3.05) is 0 Å². The standard InChI is InChI=1S/C17H17N/c1-2-5-17(18)13-8-9-16-14(11-13)10-12-6-3-4-7-15(12)16/h2-4,6-9,11,17H,1,5,10,18H2/t17-/m0/s1. The molecule has 0 fully saturated rings. The van der Waals surface area contributed by atoms with Crippen molar-refractivity contribution >= 4 is 0 Å². The van der Waals surface area contributed by atoms with E-state index in [4.69, 9.17) is 5.73 Å². The summed E-state index contributed by atoms with van der Waals surface area (Å²) in [4.78, 5) is 0. The van der Waals surface area contributed by atoms with Crippen LogP contribution in [-0.2, 0) is 6.42 Å². The van der Waals surface area contributed by atoms with E-state index in [1.807, 2.05) is 6.08 Å². The molecule has 0 spiro atoms. The second kappa shape index (κ2) is 4.43. The first-order valence-corrected chi connectivity index (χ1v) is 6.37. The molecule has 1 heteroatoms. The van der Waals surface area contributed by atoms with Crippen LogP contribution in [0.2, 0.25) is 0 Å². The van der Waals surface area contributed by atoms with Gasteiger partial charge >= 0.3 is 0 Å². The fourth-order valence-corrected chi connectivity index (χ4v) is 2.71. The van der Waals surface area contributed by atoms with Gasteiger partial charge in [0, 0.05) is 6.04 Å². The Morgan fingerprint density at radius 1 is 1.11 bits per heavy atom. The van der Waals surface area contributed by atoms with Gasteiger partial charge in [0.1, 0.15) is 0 Å². The zero-order valence-electron chi connectivity index (χ0n) is 10.4. The van der Waals surface area contributed by atoms with Gasteiger partial charge in [-0.3, -0.25) is 0 Å². The maximum Gasteiger partial charge on any atom is 0.0329 e. The summed E-state index contributed by atoms with van der Waals surface area (Å²) < 4.78 is 0. The molecule has 0 aromatic heterocycles. The molecular weight excluding hydrogens is 218 g/mol. The predicted octanol–water partition coefficient (Wildman–Crippen LogP) is 3.83. The second-order valence-corrected chi connectivity index (χ2v) is 4.88. The lowest BCUT2D eigenvalue weighted by Gasteiger charge is -2.11. The lowest BCUT2D eigenvalue weighted by molar-refractivity contribution is 0.741. The molecule has 0 bridgehead atoms. The first kappa shape index (κ1) is 11.2. The van der Waals surface area contributed by atoms with E-state index >= 15 is 0 Å². The molecule has 0 aliphatic heterocycles. The first-order chi connectivity index (χ1) is 8.79. The van der Waals surface area contributed by atoms with E-state index in [0.717, 1.165) is 12.8 Å². The van der Waals surface area contributed by atoms with E-state index in [-0.39, 0.29) is 6.04 Å².